The van der Waals surface area contributed by atoms with E-state index in [2.05, 4.69) is 16.0 Å². The minimum Gasteiger partial charge on any atom is -0.356 e. The third kappa shape index (κ3) is 5.60. The molecule has 1 amide bonds. The van der Waals surface area contributed by atoms with Crippen LogP contribution < -0.4 is 16.0 Å². The van der Waals surface area contributed by atoms with Crippen LogP contribution in [0.2, 0.25) is 0 Å². The number of hydrogen-bond donors (Lipinski definition) is 3. The number of nitrogens with one attached hydrogen (secondary N) is 3. The first-order chi connectivity index (χ1) is 6.39. The van der Waals surface area contributed by atoms with E-state index in [1.165, 1.54) is 0 Å². The van der Waals surface area contributed by atoms with Gasteiger partial charge < -0.3 is 16.0 Å². The van der Waals surface area contributed by atoms with Gasteiger partial charge in [-0.25, -0.2) is 0 Å². The number of hydrogen-bond acceptors (Lipinski definition) is 3. The van der Waals surface area contributed by atoms with Crippen molar-refractivity contribution < 1.29 is 4.79 Å². The number of carbonyl (C=O) groups excluding carboxylic acids is 1. The van der Waals surface area contributed by atoms with E-state index in [1.807, 2.05) is 0 Å². The first-order valence-corrected chi connectivity index (χ1v) is 5.08. The second kappa shape index (κ2) is 6.86. The zero-order valence-electron chi connectivity index (χ0n) is 8.07. The van der Waals surface area contributed by atoms with E-state index in [0.29, 0.717) is 0 Å². The van der Waals surface area contributed by atoms with Crippen molar-refractivity contribution in [3.05, 3.63) is 0 Å². The predicted molar refractivity (Wildman–Crippen MR) is 52.6 cm³/mol. The van der Waals surface area contributed by atoms with Crippen molar-refractivity contribution in [2.75, 3.05) is 32.7 Å². The van der Waals surface area contributed by atoms with E-state index in [1.54, 1.807) is 0 Å². The maximum Gasteiger partial charge on any atom is 0.219 e. The number of rotatable bonds is 0. The Morgan fingerprint density at radius 1 is 0.846 bits per heavy atom. The van der Waals surface area contributed by atoms with Crippen LogP contribution in [0.1, 0.15) is 19.3 Å². The standard InChI is InChI=1S/C5H9NO.C4H10N2/c7-5-3-1-2-4-6-5;1-2-6-4-3-5-1/h1-4H2,(H,6,7);5-6H,1-4H2. The summed E-state index contributed by atoms with van der Waals surface area (Å²) in [6, 6.07) is 0. The molecule has 2 fully saturated rings. The van der Waals surface area contributed by atoms with Crippen molar-refractivity contribution in [1.29, 1.82) is 0 Å². The number of carbonyl (C=O) groups is 1. The lowest BCUT2D eigenvalue weighted by Crippen LogP contribution is -2.39. The summed E-state index contributed by atoms with van der Waals surface area (Å²) in [7, 11) is 0. The summed E-state index contributed by atoms with van der Waals surface area (Å²) in [4.78, 5) is 10.4. The van der Waals surface area contributed by atoms with E-state index in [0.717, 1.165) is 52.0 Å². The average Bonchev–Trinajstić information content (AvgIpc) is 2.22. The minimum atomic E-state index is 0.214. The van der Waals surface area contributed by atoms with Gasteiger partial charge in [0, 0.05) is 39.1 Å². The molecule has 0 bridgehead atoms. The largest absolute Gasteiger partial charge is 0.356 e. The molecular weight excluding hydrogens is 166 g/mol. The average molecular weight is 185 g/mol. The van der Waals surface area contributed by atoms with Gasteiger partial charge in [-0.3, -0.25) is 4.79 Å². The quantitative estimate of drug-likeness (QED) is 0.475. The van der Waals surface area contributed by atoms with Gasteiger partial charge in [0.2, 0.25) is 5.91 Å². The zero-order valence-corrected chi connectivity index (χ0v) is 8.07. The van der Waals surface area contributed by atoms with E-state index in [9.17, 15) is 4.79 Å². The third-order valence-corrected chi connectivity index (χ3v) is 2.11. The molecule has 0 unspecified atom stereocenters. The molecule has 2 saturated heterocycles. The summed E-state index contributed by atoms with van der Waals surface area (Å²) in [6.45, 7) is 5.44. The Morgan fingerprint density at radius 3 is 1.69 bits per heavy atom. The molecule has 0 aromatic heterocycles. The van der Waals surface area contributed by atoms with Crippen LogP contribution in [-0.2, 0) is 4.79 Å². The molecule has 2 heterocycles. The van der Waals surface area contributed by atoms with Gasteiger partial charge in [-0.2, -0.15) is 0 Å². The van der Waals surface area contributed by atoms with Crippen molar-refractivity contribution in [3.8, 4) is 0 Å². The molecule has 0 radical (unpaired) electrons. The monoisotopic (exact) mass is 185 g/mol. The SMILES string of the molecule is C1CNCCN1.O=C1CCCCN1. The summed E-state index contributed by atoms with van der Waals surface area (Å²) in [6.07, 6.45) is 2.97. The van der Waals surface area contributed by atoms with Gasteiger partial charge in [0.15, 0.2) is 0 Å². The van der Waals surface area contributed by atoms with Crippen LogP contribution in [0.4, 0.5) is 0 Å². The molecule has 4 heteroatoms. The Kier molecular flexibility index (Phi) is 5.52. The predicted octanol–water partition coefficient (Wildman–Crippen LogP) is -0.534. The lowest BCUT2D eigenvalue weighted by atomic mass is 10.2. The van der Waals surface area contributed by atoms with Gasteiger partial charge in [-0.05, 0) is 12.8 Å². The highest BCUT2D eigenvalue weighted by Crippen LogP contribution is 1.98. The second-order valence-corrected chi connectivity index (χ2v) is 3.31. The summed E-state index contributed by atoms with van der Waals surface area (Å²) < 4.78 is 0. The van der Waals surface area contributed by atoms with E-state index < -0.39 is 0 Å². The van der Waals surface area contributed by atoms with Crippen LogP contribution in [-0.4, -0.2) is 38.6 Å². The Morgan fingerprint density at radius 2 is 1.46 bits per heavy atom. The van der Waals surface area contributed by atoms with Crippen molar-refractivity contribution in [1.82, 2.24) is 16.0 Å². The number of piperazine rings is 1. The van der Waals surface area contributed by atoms with Crippen LogP contribution in [0.25, 0.3) is 0 Å². The van der Waals surface area contributed by atoms with Crippen molar-refractivity contribution in [2.45, 2.75) is 19.3 Å². The Bertz CT molecular complexity index is 126. The number of piperidine rings is 1. The minimum absolute atomic E-state index is 0.214. The molecule has 0 aliphatic carbocycles. The Hall–Kier alpha value is -0.610. The summed E-state index contributed by atoms with van der Waals surface area (Å²) >= 11 is 0. The molecule has 0 aromatic carbocycles. The fourth-order valence-electron chi connectivity index (χ4n) is 1.33. The molecule has 4 nitrogen and oxygen atoms in total. The molecule has 76 valence electrons. The zero-order chi connectivity index (χ0) is 9.36. The Balaban J connectivity index is 0.000000132. The normalized spacial score (nSPS) is 22.6. The molecule has 0 aromatic rings. The van der Waals surface area contributed by atoms with Crippen LogP contribution in [0.5, 0.6) is 0 Å². The first kappa shape index (κ1) is 10.5. The molecule has 0 saturated carbocycles. The van der Waals surface area contributed by atoms with Crippen LogP contribution in [0, 0.1) is 0 Å². The Labute approximate surface area is 79.5 Å². The lowest BCUT2D eigenvalue weighted by molar-refractivity contribution is -0.122. The van der Waals surface area contributed by atoms with E-state index >= 15 is 0 Å². The van der Waals surface area contributed by atoms with Gasteiger partial charge in [0.25, 0.3) is 0 Å². The molecule has 0 spiro atoms. The second-order valence-electron chi connectivity index (χ2n) is 3.31. The van der Waals surface area contributed by atoms with Gasteiger partial charge in [-0.15, -0.1) is 0 Å². The molecule has 2 aliphatic heterocycles. The highest BCUT2D eigenvalue weighted by Gasteiger charge is 2.04. The molecular formula is C9H19N3O. The molecule has 2 aliphatic rings. The third-order valence-electron chi connectivity index (χ3n) is 2.11. The van der Waals surface area contributed by atoms with Crippen molar-refractivity contribution in [3.63, 3.8) is 0 Å². The van der Waals surface area contributed by atoms with Crippen LogP contribution in [0.3, 0.4) is 0 Å². The van der Waals surface area contributed by atoms with Gasteiger partial charge >= 0.3 is 0 Å². The topological polar surface area (TPSA) is 53.2 Å². The number of amides is 1. The summed E-state index contributed by atoms with van der Waals surface area (Å²) in [5.74, 6) is 0.214. The van der Waals surface area contributed by atoms with Crippen LogP contribution in [0.15, 0.2) is 0 Å². The molecule has 13 heavy (non-hydrogen) atoms. The highest BCUT2D eigenvalue weighted by molar-refractivity contribution is 5.76. The van der Waals surface area contributed by atoms with Crippen molar-refractivity contribution in [2.24, 2.45) is 0 Å². The molecule has 0 atom stereocenters. The van der Waals surface area contributed by atoms with Gasteiger partial charge in [0.05, 0.1) is 0 Å². The van der Waals surface area contributed by atoms with Crippen LogP contribution >= 0.6 is 0 Å². The lowest BCUT2D eigenvalue weighted by Gasteiger charge is -2.11. The highest BCUT2D eigenvalue weighted by atomic mass is 16.1. The van der Waals surface area contributed by atoms with Crippen molar-refractivity contribution >= 4 is 5.91 Å². The summed E-state index contributed by atoms with van der Waals surface area (Å²) in [5.41, 5.74) is 0. The maximum absolute atomic E-state index is 10.4. The fourth-order valence-corrected chi connectivity index (χ4v) is 1.33. The molecule has 2 rings (SSSR count). The smallest absolute Gasteiger partial charge is 0.219 e. The van der Waals surface area contributed by atoms with Gasteiger partial charge in [0.1, 0.15) is 0 Å². The first-order valence-electron chi connectivity index (χ1n) is 5.08. The fraction of sp³-hybridized carbons (Fsp3) is 0.889. The molecule has 3 N–H and O–H groups in total. The maximum atomic E-state index is 10.4. The van der Waals surface area contributed by atoms with Gasteiger partial charge in [-0.1, -0.05) is 0 Å². The van der Waals surface area contributed by atoms with E-state index in [-0.39, 0.29) is 5.91 Å². The summed E-state index contributed by atoms with van der Waals surface area (Å²) in [5, 5.41) is 9.19. The van der Waals surface area contributed by atoms with E-state index in [4.69, 9.17) is 0 Å².